The van der Waals surface area contributed by atoms with Gasteiger partial charge in [-0.05, 0) is 6.42 Å². The second-order valence-corrected chi connectivity index (χ2v) is 3.26. The Morgan fingerprint density at radius 3 is 3.00 bits per heavy atom. The van der Waals surface area contributed by atoms with Gasteiger partial charge in [0, 0.05) is 19.3 Å². The van der Waals surface area contributed by atoms with Crippen LogP contribution in [-0.4, -0.2) is 21.7 Å². The number of anilines is 1. The lowest BCUT2D eigenvalue weighted by Crippen LogP contribution is -2.35. The van der Waals surface area contributed by atoms with E-state index in [0.717, 1.165) is 6.42 Å². The van der Waals surface area contributed by atoms with Crippen molar-refractivity contribution >= 4 is 11.7 Å². The van der Waals surface area contributed by atoms with Crippen molar-refractivity contribution in [2.75, 3.05) is 5.32 Å². The largest absolute Gasteiger partial charge is 0.320 e. The third-order valence-electron chi connectivity index (χ3n) is 1.90. The van der Waals surface area contributed by atoms with Crippen molar-refractivity contribution in [3.05, 3.63) is 12.3 Å². The van der Waals surface area contributed by atoms with E-state index in [1.165, 1.54) is 0 Å². The Morgan fingerprint density at radius 1 is 1.79 bits per heavy atom. The van der Waals surface area contributed by atoms with Crippen LogP contribution in [0.3, 0.4) is 0 Å². The van der Waals surface area contributed by atoms with E-state index >= 15 is 0 Å². The third-order valence-corrected chi connectivity index (χ3v) is 1.90. The molecule has 0 aliphatic rings. The molecule has 1 heterocycles. The molecule has 1 atom stereocenters. The zero-order chi connectivity index (χ0) is 10.6. The summed E-state index contributed by atoms with van der Waals surface area (Å²) in [6.45, 7) is 1.99. The molecule has 14 heavy (non-hydrogen) atoms. The lowest BCUT2D eigenvalue weighted by molar-refractivity contribution is -0.117. The van der Waals surface area contributed by atoms with Gasteiger partial charge in [-0.3, -0.25) is 9.48 Å². The fourth-order valence-electron chi connectivity index (χ4n) is 1.14. The van der Waals surface area contributed by atoms with Crippen molar-refractivity contribution in [2.24, 2.45) is 12.8 Å². The number of hydrogen-bond acceptors (Lipinski definition) is 3. The molecule has 0 aromatic carbocycles. The summed E-state index contributed by atoms with van der Waals surface area (Å²) in [4.78, 5) is 11.4. The standard InChI is InChI=1S/C9H16N4O/c1-3-4-7(10)9(14)11-8-5-6-13(2)12-8/h5-7H,3-4,10H2,1-2H3,(H,11,12,14)/t7-/m0/s1. The van der Waals surface area contributed by atoms with Gasteiger partial charge in [-0.15, -0.1) is 0 Å². The number of nitrogens with two attached hydrogens (primary N) is 1. The van der Waals surface area contributed by atoms with Crippen LogP contribution in [0.15, 0.2) is 12.3 Å². The molecule has 1 aromatic heterocycles. The Morgan fingerprint density at radius 2 is 2.50 bits per heavy atom. The zero-order valence-electron chi connectivity index (χ0n) is 8.53. The van der Waals surface area contributed by atoms with Crippen LogP contribution in [0.5, 0.6) is 0 Å². The van der Waals surface area contributed by atoms with Gasteiger partial charge in [0.15, 0.2) is 5.82 Å². The predicted octanol–water partition coefficient (Wildman–Crippen LogP) is 0.486. The summed E-state index contributed by atoms with van der Waals surface area (Å²) in [7, 11) is 1.79. The lowest BCUT2D eigenvalue weighted by atomic mass is 10.2. The molecule has 5 heteroatoms. The maximum absolute atomic E-state index is 11.4. The molecular formula is C9H16N4O. The fraction of sp³-hybridized carbons (Fsp3) is 0.556. The third kappa shape index (κ3) is 2.85. The average molecular weight is 196 g/mol. The number of nitrogens with zero attached hydrogens (tertiary/aromatic N) is 2. The summed E-state index contributed by atoms with van der Waals surface area (Å²) in [5, 5.41) is 6.67. The molecule has 0 aliphatic carbocycles. The van der Waals surface area contributed by atoms with Gasteiger partial charge in [-0.2, -0.15) is 5.10 Å². The fourth-order valence-corrected chi connectivity index (χ4v) is 1.14. The van der Waals surface area contributed by atoms with Crippen LogP contribution in [0.2, 0.25) is 0 Å². The number of amides is 1. The van der Waals surface area contributed by atoms with E-state index in [-0.39, 0.29) is 5.91 Å². The van der Waals surface area contributed by atoms with Crippen molar-refractivity contribution in [3.8, 4) is 0 Å². The zero-order valence-corrected chi connectivity index (χ0v) is 8.53. The first kappa shape index (κ1) is 10.7. The molecule has 0 aliphatic heterocycles. The van der Waals surface area contributed by atoms with E-state index in [1.54, 1.807) is 24.0 Å². The molecule has 5 nitrogen and oxygen atoms in total. The molecule has 0 radical (unpaired) electrons. The molecule has 0 saturated carbocycles. The number of nitrogens with one attached hydrogen (secondary N) is 1. The average Bonchev–Trinajstić information content (AvgIpc) is 2.51. The highest BCUT2D eigenvalue weighted by Gasteiger charge is 2.12. The van der Waals surface area contributed by atoms with Crippen molar-refractivity contribution in [1.82, 2.24) is 9.78 Å². The first-order valence-corrected chi connectivity index (χ1v) is 4.69. The predicted molar refractivity (Wildman–Crippen MR) is 54.7 cm³/mol. The summed E-state index contributed by atoms with van der Waals surface area (Å²) >= 11 is 0. The van der Waals surface area contributed by atoms with Crippen LogP contribution < -0.4 is 11.1 Å². The van der Waals surface area contributed by atoms with E-state index in [9.17, 15) is 4.79 Å². The van der Waals surface area contributed by atoms with Gasteiger partial charge in [0.25, 0.3) is 0 Å². The summed E-state index contributed by atoms with van der Waals surface area (Å²) in [5.74, 6) is 0.370. The molecule has 3 N–H and O–H groups in total. The Kier molecular flexibility index (Phi) is 3.64. The minimum atomic E-state index is -0.443. The number of hydrogen-bond donors (Lipinski definition) is 2. The van der Waals surface area contributed by atoms with Crippen molar-refractivity contribution in [3.63, 3.8) is 0 Å². The molecule has 0 bridgehead atoms. The van der Waals surface area contributed by atoms with E-state index in [1.807, 2.05) is 6.92 Å². The number of aromatic nitrogens is 2. The molecule has 1 aromatic rings. The van der Waals surface area contributed by atoms with Crippen molar-refractivity contribution < 1.29 is 4.79 Å². The lowest BCUT2D eigenvalue weighted by Gasteiger charge is -2.08. The molecule has 0 spiro atoms. The van der Waals surface area contributed by atoms with Crippen molar-refractivity contribution in [1.29, 1.82) is 0 Å². The molecule has 0 fully saturated rings. The van der Waals surface area contributed by atoms with E-state index in [0.29, 0.717) is 12.2 Å². The summed E-state index contributed by atoms with van der Waals surface area (Å²) < 4.78 is 1.63. The quantitative estimate of drug-likeness (QED) is 0.736. The van der Waals surface area contributed by atoms with E-state index in [4.69, 9.17) is 5.73 Å². The smallest absolute Gasteiger partial charge is 0.242 e. The van der Waals surface area contributed by atoms with Gasteiger partial charge in [0.2, 0.25) is 5.91 Å². The number of carbonyl (C=O) groups excluding carboxylic acids is 1. The van der Waals surface area contributed by atoms with Gasteiger partial charge in [-0.1, -0.05) is 13.3 Å². The molecule has 1 rings (SSSR count). The summed E-state index contributed by atoms with van der Waals surface area (Å²) in [6, 6.07) is 1.29. The van der Waals surface area contributed by atoms with Gasteiger partial charge in [0.1, 0.15) is 0 Å². The van der Waals surface area contributed by atoms with Crippen LogP contribution in [-0.2, 0) is 11.8 Å². The van der Waals surface area contributed by atoms with E-state index < -0.39 is 6.04 Å². The Labute approximate surface area is 83.3 Å². The maximum atomic E-state index is 11.4. The highest BCUT2D eigenvalue weighted by molar-refractivity contribution is 5.93. The molecule has 1 amide bonds. The minimum Gasteiger partial charge on any atom is -0.320 e. The molecule has 0 saturated heterocycles. The normalized spacial score (nSPS) is 12.5. The van der Waals surface area contributed by atoms with Gasteiger partial charge in [-0.25, -0.2) is 0 Å². The molecular weight excluding hydrogens is 180 g/mol. The molecule has 0 unspecified atom stereocenters. The van der Waals surface area contributed by atoms with Gasteiger partial charge in [0.05, 0.1) is 6.04 Å². The second-order valence-electron chi connectivity index (χ2n) is 3.26. The van der Waals surface area contributed by atoms with Crippen LogP contribution in [0.25, 0.3) is 0 Å². The summed E-state index contributed by atoms with van der Waals surface area (Å²) in [5.41, 5.74) is 5.64. The van der Waals surface area contributed by atoms with Crippen LogP contribution in [0.1, 0.15) is 19.8 Å². The van der Waals surface area contributed by atoms with Gasteiger partial charge < -0.3 is 11.1 Å². The van der Waals surface area contributed by atoms with Gasteiger partial charge >= 0.3 is 0 Å². The minimum absolute atomic E-state index is 0.175. The topological polar surface area (TPSA) is 72.9 Å². The Bertz CT molecular complexity index is 308. The number of carbonyl (C=O) groups is 1. The van der Waals surface area contributed by atoms with Crippen LogP contribution >= 0.6 is 0 Å². The second kappa shape index (κ2) is 4.76. The summed E-state index contributed by atoms with van der Waals surface area (Å²) in [6.07, 6.45) is 3.36. The highest BCUT2D eigenvalue weighted by Crippen LogP contribution is 2.03. The first-order chi connectivity index (χ1) is 6.63. The molecule has 78 valence electrons. The van der Waals surface area contributed by atoms with E-state index in [2.05, 4.69) is 10.4 Å². The SMILES string of the molecule is CCC[C@H](N)C(=O)Nc1ccn(C)n1. The maximum Gasteiger partial charge on any atom is 0.242 e. The number of aryl methyl sites for hydroxylation is 1. The Balaban J connectivity index is 2.48. The Hall–Kier alpha value is -1.36. The van der Waals surface area contributed by atoms with Crippen LogP contribution in [0.4, 0.5) is 5.82 Å². The van der Waals surface area contributed by atoms with Crippen molar-refractivity contribution in [2.45, 2.75) is 25.8 Å². The first-order valence-electron chi connectivity index (χ1n) is 4.69. The highest BCUT2D eigenvalue weighted by atomic mass is 16.2. The number of rotatable bonds is 4. The van der Waals surface area contributed by atoms with Crippen LogP contribution in [0, 0.1) is 0 Å². The monoisotopic (exact) mass is 196 g/mol.